The third-order valence-corrected chi connectivity index (χ3v) is 3.24. The summed E-state index contributed by atoms with van der Waals surface area (Å²) >= 11 is 1.62. The highest BCUT2D eigenvalue weighted by Gasteiger charge is 2.02. The van der Waals surface area contributed by atoms with Crippen LogP contribution >= 0.6 is 11.3 Å². The molecular weight excluding hydrogens is 204 g/mol. The number of nitrogens with two attached hydrogens (primary N) is 1. The quantitative estimate of drug-likeness (QED) is 0.839. The number of hydrogen-bond acceptors (Lipinski definition) is 3. The normalized spacial score (nSPS) is 10.3. The summed E-state index contributed by atoms with van der Waals surface area (Å²) in [5.41, 5.74) is 8.15. The molecule has 0 atom stereocenters. The molecule has 2 rings (SSSR count). The highest BCUT2D eigenvalue weighted by Crippen LogP contribution is 2.31. The molecular formula is C12H14N2S. The molecule has 1 aromatic heterocycles. The summed E-state index contributed by atoms with van der Waals surface area (Å²) in [5.74, 6) is 0. The number of anilines is 2. The van der Waals surface area contributed by atoms with E-state index in [1.165, 1.54) is 16.1 Å². The van der Waals surface area contributed by atoms with E-state index in [4.69, 9.17) is 5.73 Å². The van der Waals surface area contributed by atoms with Crippen LogP contribution in [0, 0.1) is 0 Å². The van der Waals surface area contributed by atoms with E-state index < -0.39 is 0 Å². The minimum atomic E-state index is 0.861. The van der Waals surface area contributed by atoms with Gasteiger partial charge in [0, 0.05) is 24.7 Å². The van der Waals surface area contributed by atoms with Gasteiger partial charge in [-0.2, -0.15) is 0 Å². The molecule has 2 N–H and O–H groups in total. The molecule has 0 saturated carbocycles. The summed E-state index contributed by atoms with van der Waals surface area (Å²) in [6, 6.07) is 12.5. The molecule has 1 heterocycles. The van der Waals surface area contributed by atoms with Crippen LogP contribution in [-0.4, -0.2) is 14.1 Å². The van der Waals surface area contributed by atoms with Crippen molar-refractivity contribution in [3.8, 4) is 10.4 Å². The molecule has 0 aliphatic heterocycles. The van der Waals surface area contributed by atoms with Gasteiger partial charge in [-0.1, -0.05) is 12.1 Å². The second kappa shape index (κ2) is 3.95. The number of rotatable bonds is 2. The van der Waals surface area contributed by atoms with Crippen molar-refractivity contribution in [3.63, 3.8) is 0 Å². The maximum Gasteiger partial charge on any atom is 0.0862 e. The Morgan fingerprint density at radius 3 is 2.53 bits per heavy atom. The van der Waals surface area contributed by atoms with Gasteiger partial charge in [-0.25, -0.2) is 0 Å². The van der Waals surface area contributed by atoms with Crippen LogP contribution in [0.15, 0.2) is 36.4 Å². The lowest BCUT2D eigenvalue weighted by Crippen LogP contribution is -2.08. The van der Waals surface area contributed by atoms with E-state index in [0.29, 0.717) is 0 Å². The van der Waals surface area contributed by atoms with Crippen LogP contribution in [0.25, 0.3) is 10.4 Å². The number of nitrogens with zero attached hydrogens (tertiary/aromatic N) is 1. The van der Waals surface area contributed by atoms with E-state index in [1.807, 2.05) is 20.2 Å². The minimum Gasteiger partial charge on any atom is -0.391 e. The first kappa shape index (κ1) is 10.1. The molecule has 0 radical (unpaired) electrons. The van der Waals surface area contributed by atoms with Crippen LogP contribution in [-0.2, 0) is 0 Å². The lowest BCUT2D eigenvalue weighted by Gasteiger charge is -2.12. The summed E-state index contributed by atoms with van der Waals surface area (Å²) in [4.78, 5) is 3.32. The van der Waals surface area contributed by atoms with Crippen molar-refractivity contribution in [3.05, 3.63) is 36.4 Å². The molecule has 3 heteroatoms. The van der Waals surface area contributed by atoms with Crippen LogP contribution in [0.5, 0.6) is 0 Å². The van der Waals surface area contributed by atoms with E-state index in [0.717, 1.165) is 5.00 Å². The van der Waals surface area contributed by atoms with Crippen LogP contribution in [0.2, 0.25) is 0 Å². The fourth-order valence-corrected chi connectivity index (χ4v) is 2.22. The van der Waals surface area contributed by atoms with Crippen LogP contribution < -0.4 is 10.6 Å². The zero-order chi connectivity index (χ0) is 10.8. The molecule has 1 aromatic carbocycles. The first-order chi connectivity index (χ1) is 7.16. The average molecular weight is 218 g/mol. The predicted octanol–water partition coefficient (Wildman–Crippen LogP) is 3.06. The summed E-state index contributed by atoms with van der Waals surface area (Å²) < 4.78 is 0. The molecule has 0 spiro atoms. The van der Waals surface area contributed by atoms with Gasteiger partial charge >= 0.3 is 0 Å². The second-order valence-electron chi connectivity index (χ2n) is 3.65. The highest BCUT2D eigenvalue weighted by atomic mass is 32.1. The fourth-order valence-electron chi connectivity index (χ4n) is 1.45. The number of thiophene rings is 1. The zero-order valence-corrected chi connectivity index (χ0v) is 9.71. The first-order valence-corrected chi connectivity index (χ1v) is 5.61. The van der Waals surface area contributed by atoms with Gasteiger partial charge in [0.25, 0.3) is 0 Å². The Bertz CT molecular complexity index is 460. The van der Waals surface area contributed by atoms with Gasteiger partial charge in [-0.05, 0) is 29.8 Å². The zero-order valence-electron chi connectivity index (χ0n) is 8.90. The molecule has 0 aliphatic carbocycles. The maximum absolute atomic E-state index is 5.72. The van der Waals surface area contributed by atoms with Crippen molar-refractivity contribution in [2.24, 2.45) is 0 Å². The van der Waals surface area contributed by atoms with Gasteiger partial charge in [0.15, 0.2) is 0 Å². The van der Waals surface area contributed by atoms with Crippen LogP contribution in [0.3, 0.4) is 0 Å². The van der Waals surface area contributed by atoms with Crippen molar-refractivity contribution < 1.29 is 0 Å². The Hall–Kier alpha value is -1.48. The monoisotopic (exact) mass is 218 g/mol. The molecule has 78 valence electrons. The molecule has 2 aromatic rings. The molecule has 0 unspecified atom stereocenters. The van der Waals surface area contributed by atoms with Crippen molar-refractivity contribution >= 4 is 22.0 Å². The van der Waals surface area contributed by atoms with E-state index in [9.17, 15) is 0 Å². The van der Waals surface area contributed by atoms with Crippen LogP contribution in [0.1, 0.15) is 0 Å². The van der Waals surface area contributed by atoms with Gasteiger partial charge in [-0.15, -0.1) is 11.3 Å². The molecule has 0 fully saturated rings. The Morgan fingerprint density at radius 2 is 1.93 bits per heavy atom. The van der Waals surface area contributed by atoms with E-state index >= 15 is 0 Å². The lowest BCUT2D eigenvalue weighted by atomic mass is 10.1. The third-order valence-electron chi connectivity index (χ3n) is 2.27. The van der Waals surface area contributed by atoms with Crippen molar-refractivity contribution in [2.45, 2.75) is 0 Å². The fraction of sp³-hybridized carbons (Fsp3) is 0.167. The maximum atomic E-state index is 5.72. The van der Waals surface area contributed by atoms with Crippen molar-refractivity contribution in [1.29, 1.82) is 0 Å². The Morgan fingerprint density at radius 1 is 1.13 bits per heavy atom. The topological polar surface area (TPSA) is 29.3 Å². The molecule has 0 saturated heterocycles. The number of hydrogen-bond donors (Lipinski definition) is 1. The smallest absolute Gasteiger partial charge is 0.0862 e. The van der Waals surface area contributed by atoms with Gasteiger partial charge in [0.05, 0.1) is 5.00 Å². The molecule has 2 nitrogen and oxygen atoms in total. The molecule has 0 aliphatic rings. The average Bonchev–Trinajstić information content (AvgIpc) is 2.65. The summed E-state index contributed by atoms with van der Waals surface area (Å²) in [6.07, 6.45) is 0. The summed E-state index contributed by atoms with van der Waals surface area (Å²) in [6.45, 7) is 0. The highest BCUT2D eigenvalue weighted by molar-refractivity contribution is 7.19. The first-order valence-electron chi connectivity index (χ1n) is 4.80. The standard InChI is InChI=1S/C12H14N2S/c1-14(2)10-5-3-4-9(8-10)11-6-7-12(13)15-11/h3-8H,13H2,1-2H3. The van der Waals surface area contributed by atoms with Gasteiger partial charge in [0.1, 0.15) is 0 Å². The van der Waals surface area contributed by atoms with Crippen molar-refractivity contribution in [2.75, 3.05) is 24.7 Å². The summed E-state index contributed by atoms with van der Waals surface area (Å²) in [7, 11) is 4.09. The predicted molar refractivity (Wildman–Crippen MR) is 68.5 cm³/mol. The van der Waals surface area contributed by atoms with Gasteiger partial charge in [-0.3, -0.25) is 0 Å². The minimum absolute atomic E-state index is 0.861. The Labute approximate surface area is 94.0 Å². The Balaban J connectivity index is 2.41. The van der Waals surface area contributed by atoms with Crippen LogP contribution in [0.4, 0.5) is 10.7 Å². The van der Waals surface area contributed by atoms with Gasteiger partial charge in [0.2, 0.25) is 0 Å². The molecule has 15 heavy (non-hydrogen) atoms. The molecule has 0 amide bonds. The van der Waals surface area contributed by atoms with E-state index in [2.05, 4.69) is 35.2 Å². The lowest BCUT2D eigenvalue weighted by molar-refractivity contribution is 1.13. The third kappa shape index (κ3) is 2.13. The van der Waals surface area contributed by atoms with Gasteiger partial charge < -0.3 is 10.6 Å². The molecule has 0 bridgehead atoms. The Kier molecular flexibility index (Phi) is 2.64. The summed E-state index contributed by atoms with van der Waals surface area (Å²) in [5, 5.41) is 0.861. The second-order valence-corrected chi connectivity index (χ2v) is 4.76. The SMILES string of the molecule is CN(C)c1cccc(-c2ccc(N)s2)c1. The number of nitrogen functional groups attached to an aromatic ring is 1. The van der Waals surface area contributed by atoms with E-state index in [1.54, 1.807) is 11.3 Å². The number of benzene rings is 1. The van der Waals surface area contributed by atoms with E-state index in [-0.39, 0.29) is 0 Å². The largest absolute Gasteiger partial charge is 0.391 e. The van der Waals surface area contributed by atoms with Crippen molar-refractivity contribution in [1.82, 2.24) is 0 Å².